The van der Waals surface area contributed by atoms with Gasteiger partial charge in [-0.05, 0) is 24.7 Å². The number of hydrogen-bond donors (Lipinski definition) is 2. The Balaban J connectivity index is 2.28. The molecule has 1 saturated carbocycles. The standard InChI is InChI=1S/C13H25NO2/c1-13(2,8-9-15)10-14-12(16)11-6-4-3-5-7-11/h11,15H,3-10H2,1-2H3,(H,14,16). The van der Waals surface area contributed by atoms with E-state index >= 15 is 0 Å². The van der Waals surface area contributed by atoms with Gasteiger partial charge in [0.1, 0.15) is 0 Å². The summed E-state index contributed by atoms with van der Waals surface area (Å²) in [5.41, 5.74) is -0.000916. The van der Waals surface area contributed by atoms with Gasteiger partial charge in [-0.15, -0.1) is 0 Å². The molecule has 3 heteroatoms. The molecule has 0 aromatic rings. The Morgan fingerprint density at radius 2 is 1.94 bits per heavy atom. The van der Waals surface area contributed by atoms with E-state index in [9.17, 15) is 4.79 Å². The van der Waals surface area contributed by atoms with Crippen LogP contribution in [0.15, 0.2) is 0 Å². The maximum atomic E-state index is 11.9. The van der Waals surface area contributed by atoms with E-state index in [1.807, 2.05) is 0 Å². The van der Waals surface area contributed by atoms with Gasteiger partial charge >= 0.3 is 0 Å². The lowest BCUT2D eigenvalue weighted by atomic mass is 9.87. The lowest BCUT2D eigenvalue weighted by Gasteiger charge is -2.26. The molecule has 94 valence electrons. The van der Waals surface area contributed by atoms with Crippen LogP contribution in [0.2, 0.25) is 0 Å². The second kappa shape index (κ2) is 6.24. The van der Waals surface area contributed by atoms with Gasteiger partial charge in [0.05, 0.1) is 0 Å². The van der Waals surface area contributed by atoms with Crippen molar-refractivity contribution in [2.75, 3.05) is 13.2 Å². The second-order valence-electron chi connectivity index (χ2n) is 5.69. The minimum Gasteiger partial charge on any atom is -0.396 e. The number of carbonyl (C=O) groups is 1. The summed E-state index contributed by atoms with van der Waals surface area (Å²) < 4.78 is 0. The Morgan fingerprint density at radius 1 is 1.31 bits per heavy atom. The number of rotatable bonds is 5. The molecule has 1 amide bonds. The Morgan fingerprint density at radius 3 is 2.50 bits per heavy atom. The SMILES string of the molecule is CC(C)(CCO)CNC(=O)C1CCCCC1. The fourth-order valence-electron chi connectivity index (χ4n) is 2.23. The molecule has 0 atom stereocenters. The summed E-state index contributed by atoms with van der Waals surface area (Å²) in [4.78, 5) is 11.9. The van der Waals surface area contributed by atoms with Gasteiger partial charge in [-0.1, -0.05) is 33.1 Å². The molecule has 3 nitrogen and oxygen atoms in total. The maximum Gasteiger partial charge on any atom is 0.223 e. The van der Waals surface area contributed by atoms with Crippen molar-refractivity contribution in [1.29, 1.82) is 0 Å². The highest BCUT2D eigenvalue weighted by Crippen LogP contribution is 2.24. The number of aliphatic hydroxyl groups is 1. The van der Waals surface area contributed by atoms with E-state index in [2.05, 4.69) is 19.2 Å². The average molecular weight is 227 g/mol. The van der Waals surface area contributed by atoms with Crippen LogP contribution in [-0.2, 0) is 4.79 Å². The molecule has 0 heterocycles. The Bertz CT molecular complexity index is 220. The van der Waals surface area contributed by atoms with Crippen LogP contribution in [0.3, 0.4) is 0 Å². The number of nitrogens with one attached hydrogen (secondary N) is 1. The smallest absolute Gasteiger partial charge is 0.223 e. The third-order valence-corrected chi connectivity index (χ3v) is 3.51. The van der Waals surface area contributed by atoms with E-state index < -0.39 is 0 Å². The lowest BCUT2D eigenvalue weighted by molar-refractivity contribution is -0.126. The van der Waals surface area contributed by atoms with Gasteiger partial charge < -0.3 is 10.4 Å². The van der Waals surface area contributed by atoms with Gasteiger partial charge in [0.2, 0.25) is 5.91 Å². The van der Waals surface area contributed by atoms with Crippen molar-refractivity contribution in [2.45, 2.75) is 52.4 Å². The molecule has 0 aromatic carbocycles. The van der Waals surface area contributed by atoms with Crippen LogP contribution in [0.5, 0.6) is 0 Å². The molecule has 0 spiro atoms. The number of carbonyl (C=O) groups excluding carboxylic acids is 1. The van der Waals surface area contributed by atoms with E-state index in [0.29, 0.717) is 6.54 Å². The zero-order valence-electron chi connectivity index (χ0n) is 10.6. The van der Waals surface area contributed by atoms with E-state index in [0.717, 1.165) is 19.3 Å². The van der Waals surface area contributed by atoms with E-state index in [-0.39, 0.29) is 23.8 Å². The molecule has 1 aliphatic carbocycles. The van der Waals surface area contributed by atoms with Crippen LogP contribution in [0.1, 0.15) is 52.4 Å². The second-order valence-corrected chi connectivity index (χ2v) is 5.69. The van der Waals surface area contributed by atoms with Crippen LogP contribution >= 0.6 is 0 Å². The summed E-state index contributed by atoms with van der Waals surface area (Å²) in [5, 5.41) is 11.9. The zero-order chi connectivity index (χ0) is 12.0. The Labute approximate surface area is 98.6 Å². The first kappa shape index (κ1) is 13.5. The van der Waals surface area contributed by atoms with Gasteiger partial charge in [-0.3, -0.25) is 4.79 Å². The number of aliphatic hydroxyl groups excluding tert-OH is 1. The largest absolute Gasteiger partial charge is 0.396 e. The zero-order valence-corrected chi connectivity index (χ0v) is 10.6. The first-order valence-corrected chi connectivity index (χ1v) is 6.44. The highest BCUT2D eigenvalue weighted by molar-refractivity contribution is 5.78. The molecule has 1 fully saturated rings. The minimum atomic E-state index is -0.000916. The van der Waals surface area contributed by atoms with Crippen LogP contribution in [0, 0.1) is 11.3 Å². The molecule has 0 aliphatic heterocycles. The van der Waals surface area contributed by atoms with Crippen molar-refractivity contribution in [2.24, 2.45) is 11.3 Å². The molecule has 0 bridgehead atoms. The van der Waals surface area contributed by atoms with Gasteiger partial charge in [0.25, 0.3) is 0 Å². The molecular formula is C13H25NO2. The average Bonchev–Trinajstić information content (AvgIpc) is 2.27. The summed E-state index contributed by atoms with van der Waals surface area (Å²) in [6.07, 6.45) is 6.49. The third-order valence-electron chi connectivity index (χ3n) is 3.51. The van der Waals surface area contributed by atoms with Crippen molar-refractivity contribution in [3.05, 3.63) is 0 Å². The van der Waals surface area contributed by atoms with Gasteiger partial charge in [-0.25, -0.2) is 0 Å². The van der Waals surface area contributed by atoms with Crippen LogP contribution < -0.4 is 5.32 Å². The van der Waals surface area contributed by atoms with Crippen molar-refractivity contribution < 1.29 is 9.90 Å². The molecular weight excluding hydrogens is 202 g/mol. The Hall–Kier alpha value is -0.570. The molecule has 0 aromatic heterocycles. The summed E-state index contributed by atoms with van der Waals surface area (Å²) in [7, 11) is 0. The first-order valence-electron chi connectivity index (χ1n) is 6.44. The number of hydrogen-bond acceptors (Lipinski definition) is 2. The molecule has 2 N–H and O–H groups in total. The molecule has 0 unspecified atom stereocenters. The molecule has 1 rings (SSSR count). The molecule has 0 radical (unpaired) electrons. The maximum absolute atomic E-state index is 11.9. The molecule has 1 aliphatic rings. The van der Waals surface area contributed by atoms with Crippen LogP contribution in [0.4, 0.5) is 0 Å². The summed E-state index contributed by atoms with van der Waals surface area (Å²) in [5.74, 6) is 0.449. The van der Waals surface area contributed by atoms with Gasteiger partial charge in [0.15, 0.2) is 0 Å². The predicted octanol–water partition coefficient (Wildman–Crippen LogP) is 2.09. The topological polar surface area (TPSA) is 49.3 Å². The van der Waals surface area contributed by atoms with Crippen molar-refractivity contribution >= 4 is 5.91 Å². The van der Waals surface area contributed by atoms with Crippen molar-refractivity contribution in [3.63, 3.8) is 0 Å². The predicted molar refractivity (Wildman–Crippen MR) is 65.1 cm³/mol. The molecule has 16 heavy (non-hydrogen) atoms. The fraction of sp³-hybridized carbons (Fsp3) is 0.923. The first-order chi connectivity index (χ1) is 7.55. The minimum absolute atomic E-state index is 0.000916. The molecule has 0 saturated heterocycles. The van der Waals surface area contributed by atoms with E-state index in [1.165, 1.54) is 19.3 Å². The summed E-state index contributed by atoms with van der Waals surface area (Å²) in [6, 6.07) is 0. The van der Waals surface area contributed by atoms with Gasteiger partial charge in [0, 0.05) is 19.1 Å². The van der Waals surface area contributed by atoms with Crippen molar-refractivity contribution in [3.8, 4) is 0 Å². The normalized spacial score (nSPS) is 18.4. The summed E-state index contributed by atoms with van der Waals surface area (Å²) >= 11 is 0. The monoisotopic (exact) mass is 227 g/mol. The van der Waals surface area contributed by atoms with Gasteiger partial charge in [-0.2, -0.15) is 0 Å². The third kappa shape index (κ3) is 4.52. The summed E-state index contributed by atoms with van der Waals surface area (Å²) in [6.45, 7) is 5.00. The Kier molecular flexibility index (Phi) is 5.26. The van der Waals surface area contributed by atoms with E-state index in [4.69, 9.17) is 5.11 Å². The number of amides is 1. The fourth-order valence-corrected chi connectivity index (χ4v) is 2.23. The van der Waals surface area contributed by atoms with Crippen molar-refractivity contribution in [1.82, 2.24) is 5.32 Å². The highest BCUT2D eigenvalue weighted by Gasteiger charge is 2.23. The van der Waals surface area contributed by atoms with E-state index in [1.54, 1.807) is 0 Å². The highest BCUT2D eigenvalue weighted by atomic mass is 16.3. The lowest BCUT2D eigenvalue weighted by Crippen LogP contribution is -2.38. The quantitative estimate of drug-likeness (QED) is 0.755. The van der Waals surface area contributed by atoms with Crippen LogP contribution in [0.25, 0.3) is 0 Å². The van der Waals surface area contributed by atoms with Crippen LogP contribution in [-0.4, -0.2) is 24.2 Å².